The Morgan fingerprint density at radius 1 is 1.24 bits per heavy atom. The molecule has 1 aliphatic carbocycles. The van der Waals surface area contributed by atoms with Gasteiger partial charge in [0.25, 0.3) is 11.8 Å². The first-order valence-corrected chi connectivity index (χ1v) is 10.7. The van der Waals surface area contributed by atoms with Gasteiger partial charge >= 0.3 is 6.18 Å². The zero-order chi connectivity index (χ0) is 23.9. The third-order valence-electron chi connectivity index (χ3n) is 5.24. The molecule has 0 bridgehead atoms. The molecule has 4 rings (SSSR count). The first kappa shape index (κ1) is 22.7. The summed E-state index contributed by atoms with van der Waals surface area (Å²) < 4.78 is 42.9. The van der Waals surface area contributed by atoms with E-state index < -0.39 is 23.7 Å². The molecule has 0 atom stereocenters. The SMILES string of the molecule is CCn1cc(NC(=O)c2cnn3c(C(F)(F)F)cc(C4CC4)nc23)c(C(=O)NCC(C)C)n1. The van der Waals surface area contributed by atoms with Gasteiger partial charge < -0.3 is 10.6 Å². The molecule has 1 aliphatic rings. The van der Waals surface area contributed by atoms with E-state index in [1.165, 1.54) is 10.9 Å². The molecule has 0 spiro atoms. The number of carbonyl (C=O) groups excluding carboxylic acids is 2. The molecular formula is C21H24F3N7O2. The first-order chi connectivity index (χ1) is 15.6. The Morgan fingerprint density at radius 2 is 1.97 bits per heavy atom. The van der Waals surface area contributed by atoms with Crippen molar-refractivity contribution in [2.45, 2.75) is 52.3 Å². The molecule has 2 N–H and O–H groups in total. The van der Waals surface area contributed by atoms with E-state index in [-0.39, 0.29) is 40.1 Å². The summed E-state index contributed by atoms with van der Waals surface area (Å²) in [6.07, 6.45) is -0.610. The number of aromatic nitrogens is 5. The van der Waals surface area contributed by atoms with E-state index in [0.29, 0.717) is 17.6 Å². The van der Waals surface area contributed by atoms with Crippen LogP contribution in [0, 0.1) is 5.92 Å². The standard InChI is InChI=1S/C21H24F3N7O2/c1-4-30-10-15(17(29-30)20(33)25-8-11(2)3)28-19(32)13-9-26-31-16(21(22,23)24)7-14(12-5-6-12)27-18(13)31/h7,9-12H,4-6,8H2,1-3H3,(H,25,33)(H,28,32). The topological polar surface area (TPSA) is 106 Å². The number of aryl methyl sites for hydroxylation is 1. The number of rotatable bonds is 7. The summed E-state index contributed by atoms with van der Waals surface area (Å²) in [5, 5.41) is 13.3. The summed E-state index contributed by atoms with van der Waals surface area (Å²) in [5.41, 5.74) is -0.835. The molecule has 9 nitrogen and oxygen atoms in total. The number of fused-ring (bicyclic) bond motifs is 1. The smallest absolute Gasteiger partial charge is 0.350 e. The second-order valence-electron chi connectivity index (χ2n) is 8.44. The molecular weight excluding hydrogens is 439 g/mol. The minimum Gasteiger partial charge on any atom is -0.350 e. The molecule has 1 fully saturated rings. The van der Waals surface area contributed by atoms with E-state index in [1.807, 2.05) is 20.8 Å². The van der Waals surface area contributed by atoms with Crippen LogP contribution in [0.5, 0.6) is 0 Å². The van der Waals surface area contributed by atoms with Crippen molar-refractivity contribution in [3.8, 4) is 0 Å². The van der Waals surface area contributed by atoms with Crippen molar-refractivity contribution in [2.24, 2.45) is 5.92 Å². The number of alkyl halides is 3. The van der Waals surface area contributed by atoms with E-state index >= 15 is 0 Å². The Labute approximate surface area is 187 Å². The van der Waals surface area contributed by atoms with Crippen LogP contribution in [0.4, 0.5) is 18.9 Å². The molecule has 33 heavy (non-hydrogen) atoms. The average molecular weight is 463 g/mol. The Morgan fingerprint density at radius 3 is 2.58 bits per heavy atom. The largest absolute Gasteiger partial charge is 0.433 e. The number of halogens is 3. The van der Waals surface area contributed by atoms with Crippen molar-refractivity contribution < 1.29 is 22.8 Å². The first-order valence-electron chi connectivity index (χ1n) is 10.7. The van der Waals surface area contributed by atoms with Gasteiger partial charge in [-0.2, -0.15) is 23.4 Å². The van der Waals surface area contributed by atoms with Crippen LogP contribution in [0.3, 0.4) is 0 Å². The molecule has 2 amide bonds. The highest BCUT2D eigenvalue weighted by atomic mass is 19.4. The van der Waals surface area contributed by atoms with Crippen LogP contribution in [-0.2, 0) is 12.7 Å². The van der Waals surface area contributed by atoms with Crippen LogP contribution in [-0.4, -0.2) is 42.7 Å². The van der Waals surface area contributed by atoms with Gasteiger partial charge in [0.15, 0.2) is 11.3 Å². The average Bonchev–Trinajstić information content (AvgIpc) is 3.38. The monoisotopic (exact) mass is 463 g/mol. The van der Waals surface area contributed by atoms with Crippen molar-refractivity contribution in [1.29, 1.82) is 0 Å². The molecule has 3 heterocycles. The molecule has 0 aliphatic heterocycles. The molecule has 0 aromatic carbocycles. The maximum Gasteiger partial charge on any atom is 0.433 e. The van der Waals surface area contributed by atoms with E-state index in [0.717, 1.165) is 25.1 Å². The van der Waals surface area contributed by atoms with Gasteiger partial charge in [-0.3, -0.25) is 14.3 Å². The molecule has 12 heteroatoms. The summed E-state index contributed by atoms with van der Waals surface area (Å²) in [7, 11) is 0. The quantitative estimate of drug-likeness (QED) is 0.558. The number of amides is 2. The number of anilines is 1. The van der Waals surface area contributed by atoms with E-state index in [4.69, 9.17) is 0 Å². The van der Waals surface area contributed by atoms with Crippen molar-refractivity contribution in [3.63, 3.8) is 0 Å². The number of nitrogens with zero attached hydrogens (tertiary/aromatic N) is 5. The summed E-state index contributed by atoms with van der Waals surface area (Å²) in [4.78, 5) is 29.9. The van der Waals surface area contributed by atoms with Crippen molar-refractivity contribution in [1.82, 2.24) is 29.7 Å². The zero-order valence-electron chi connectivity index (χ0n) is 18.4. The van der Waals surface area contributed by atoms with Crippen molar-refractivity contribution in [3.05, 3.63) is 41.1 Å². The minimum absolute atomic E-state index is 0.0185. The molecule has 3 aromatic rings. The normalized spacial score (nSPS) is 14.2. The second-order valence-corrected chi connectivity index (χ2v) is 8.44. The van der Waals surface area contributed by atoms with Gasteiger partial charge in [-0.05, 0) is 31.7 Å². The fraction of sp³-hybridized carbons (Fsp3) is 0.476. The van der Waals surface area contributed by atoms with Crippen molar-refractivity contribution in [2.75, 3.05) is 11.9 Å². The maximum atomic E-state index is 13.6. The van der Waals surface area contributed by atoms with Gasteiger partial charge in [-0.25, -0.2) is 9.50 Å². The van der Waals surface area contributed by atoms with Gasteiger partial charge in [0, 0.05) is 30.9 Å². The highest BCUT2D eigenvalue weighted by Gasteiger charge is 2.38. The van der Waals surface area contributed by atoms with Crippen molar-refractivity contribution >= 4 is 23.1 Å². The van der Waals surface area contributed by atoms with Gasteiger partial charge in [0.2, 0.25) is 0 Å². The minimum atomic E-state index is -4.66. The van der Waals surface area contributed by atoms with Gasteiger partial charge in [-0.1, -0.05) is 13.8 Å². The second kappa shape index (κ2) is 8.49. The molecule has 3 aromatic heterocycles. The molecule has 176 valence electrons. The number of hydrogen-bond acceptors (Lipinski definition) is 5. The lowest BCUT2D eigenvalue weighted by Gasteiger charge is -2.11. The van der Waals surface area contributed by atoms with Gasteiger partial charge in [-0.15, -0.1) is 0 Å². The van der Waals surface area contributed by atoms with Gasteiger partial charge in [0.1, 0.15) is 11.3 Å². The van der Waals surface area contributed by atoms with Crippen LogP contribution >= 0.6 is 0 Å². The zero-order valence-corrected chi connectivity index (χ0v) is 18.4. The lowest BCUT2D eigenvalue weighted by Crippen LogP contribution is -2.28. The lowest BCUT2D eigenvalue weighted by atomic mass is 10.2. The highest BCUT2D eigenvalue weighted by molar-refractivity contribution is 6.10. The predicted octanol–water partition coefficient (Wildman–Crippen LogP) is 3.48. The van der Waals surface area contributed by atoms with E-state index in [2.05, 4.69) is 25.8 Å². The Kier molecular flexibility index (Phi) is 5.85. The molecule has 0 saturated heterocycles. The molecule has 0 unspecified atom stereocenters. The van der Waals surface area contributed by atoms with Crippen LogP contribution in [0.25, 0.3) is 5.65 Å². The summed E-state index contributed by atoms with van der Waals surface area (Å²) in [6.45, 7) is 6.58. The lowest BCUT2D eigenvalue weighted by molar-refractivity contribution is -0.142. The predicted molar refractivity (Wildman–Crippen MR) is 113 cm³/mol. The van der Waals surface area contributed by atoms with Crippen LogP contribution in [0.2, 0.25) is 0 Å². The van der Waals surface area contributed by atoms with E-state index in [9.17, 15) is 22.8 Å². The molecule has 0 radical (unpaired) electrons. The fourth-order valence-electron chi connectivity index (χ4n) is 3.34. The maximum absolute atomic E-state index is 13.6. The summed E-state index contributed by atoms with van der Waals surface area (Å²) >= 11 is 0. The fourth-order valence-corrected chi connectivity index (χ4v) is 3.34. The third-order valence-corrected chi connectivity index (χ3v) is 5.24. The number of carbonyl (C=O) groups is 2. The highest BCUT2D eigenvalue weighted by Crippen LogP contribution is 2.41. The Balaban J connectivity index is 1.68. The third kappa shape index (κ3) is 4.69. The Bertz CT molecular complexity index is 1210. The summed E-state index contributed by atoms with van der Waals surface area (Å²) in [5.74, 6) is -1.03. The number of hydrogen-bond donors (Lipinski definition) is 2. The van der Waals surface area contributed by atoms with Gasteiger partial charge in [0.05, 0.1) is 11.9 Å². The van der Waals surface area contributed by atoms with Crippen LogP contribution < -0.4 is 10.6 Å². The number of nitrogens with one attached hydrogen (secondary N) is 2. The Hall–Kier alpha value is -3.44. The van der Waals surface area contributed by atoms with E-state index in [1.54, 1.807) is 0 Å². The molecule has 1 saturated carbocycles. The van der Waals surface area contributed by atoms with Crippen LogP contribution in [0.1, 0.15) is 71.8 Å². The van der Waals surface area contributed by atoms with Crippen LogP contribution in [0.15, 0.2) is 18.5 Å². The summed E-state index contributed by atoms with van der Waals surface area (Å²) in [6, 6.07) is 0.988.